The number of amides is 1. The molecule has 36 heavy (non-hydrogen) atoms. The van der Waals surface area contributed by atoms with Gasteiger partial charge in [-0.2, -0.15) is 18.3 Å². The Labute approximate surface area is 206 Å². The molecule has 2 atom stereocenters. The zero-order valence-corrected chi connectivity index (χ0v) is 20.4. The molecule has 1 amide bonds. The number of hydrogen-bond acceptors (Lipinski definition) is 4. The van der Waals surface area contributed by atoms with Crippen molar-refractivity contribution in [3.8, 4) is 11.4 Å². The molecule has 2 aromatic carbocycles. The third-order valence-corrected chi connectivity index (χ3v) is 5.63. The number of aryl methyl sites for hydroxylation is 2. The SMILES string of the molecule is CCCC(Oc1cc(C)cc(C)c1-n1cc(C(F)(F)F)cn1)c1ccc(C(=O)N[C@@H](C)C(=O)O)cc1. The van der Waals surface area contributed by atoms with Crippen molar-refractivity contribution in [2.24, 2.45) is 0 Å². The van der Waals surface area contributed by atoms with E-state index in [0.717, 1.165) is 29.9 Å². The minimum Gasteiger partial charge on any atom is -0.483 e. The smallest absolute Gasteiger partial charge is 0.419 e. The molecule has 1 unspecified atom stereocenters. The number of benzene rings is 2. The molecule has 0 spiro atoms. The van der Waals surface area contributed by atoms with Crippen LogP contribution in [0.25, 0.3) is 5.69 Å². The molecule has 0 saturated heterocycles. The van der Waals surface area contributed by atoms with Crippen LogP contribution in [0.4, 0.5) is 13.2 Å². The van der Waals surface area contributed by atoms with Crippen LogP contribution in [0.5, 0.6) is 5.75 Å². The maximum absolute atomic E-state index is 13.2. The number of nitrogens with zero attached hydrogens (tertiary/aromatic N) is 2. The fraction of sp³-hybridized carbons (Fsp3) is 0.346. The third-order valence-electron chi connectivity index (χ3n) is 5.63. The molecule has 0 radical (unpaired) electrons. The van der Waals surface area contributed by atoms with Crippen LogP contribution in [-0.2, 0) is 11.0 Å². The summed E-state index contributed by atoms with van der Waals surface area (Å²) in [5.74, 6) is -1.26. The van der Waals surface area contributed by atoms with Crippen molar-refractivity contribution >= 4 is 11.9 Å². The summed E-state index contributed by atoms with van der Waals surface area (Å²) in [4.78, 5) is 23.3. The molecule has 1 heterocycles. The Bertz CT molecular complexity index is 1240. The van der Waals surface area contributed by atoms with Crippen molar-refractivity contribution in [2.75, 3.05) is 0 Å². The molecule has 0 aliphatic carbocycles. The lowest BCUT2D eigenvalue weighted by Gasteiger charge is -2.23. The average Bonchev–Trinajstić information content (AvgIpc) is 3.28. The molecular formula is C26H28F3N3O4. The highest BCUT2D eigenvalue weighted by atomic mass is 19.4. The number of alkyl halides is 3. The van der Waals surface area contributed by atoms with E-state index < -0.39 is 35.8 Å². The lowest BCUT2D eigenvalue weighted by molar-refractivity contribution is -0.139. The van der Waals surface area contributed by atoms with Crippen molar-refractivity contribution in [3.05, 3.63) is 76.6 Å². The first-order valence-electron chi connectivity index (χ1n) is 11.4. The molecule has 1 aromatic heterocycles. The maximum Gasteiger partial charge on any atom is 0.419 e. The Kier molecular flexibility index (Phi) is 8.07. The Balaban J connectivity index is 1.92. The van der Waals surface area contributed by atoms with Crippen LogP contribution < -0.4 is 10.1 Å². The second kappa shape index (κ2) is 10.8. The summed E-state index contributed by atoms with van der Waals surface area (Å²) in [5.41, 5.74) is 2.20. The minimum absolute atomic E-state index is 0.297. The van der Waals surface area contributed by atoms with E-state index in [-0.39, 0.29) is 0 Å². The van der Waals surface area contributed by atoms with E-state index in [2.05, 4.69) is 10.4 Å². The third kappa shape index (κ3) is 6.24. The first kappa shape index (κ1) is 26.8. The number of carboxylic acid groups (broad SMARTS) is 1. The second-order valence-electron chi connectivity index (χ2n) is 8.65. The molecule has 192 valence electrons. The number of aliphatic carboxylic acids is 1. The van der Waals surface area contributed by atoms with Crippen LogP contribution in [0, 0.1) is 13.8 Å². The van der Waals surface area contributed by atoms with Crippen LogP contribution in [-0.4, -0.2) is 32.8 Å². The number of halogens is 3. The van der Waals surface area contributed by atoms with E-state index in [0.29, 0.717) is 29.0 Å². The average molecular weight is 504 g/mol. The molecule has 2 N–H and O–H groups in total. The van der Waals surface area contributed by atoms with Gasteiger partial charge in [0.15, 0.2) is 0 Å². The summed E-state index contributed by atoms with van der Waals surface area (Å²) >= 11 is 0. The van der Waals surface area contributed by atoms with Gasteiger partial charge in [0.2, 0.25) is 0 Å². The number of nitrogens with one attached hydrogen (secondary N) is 1. The van der Waals surface area contributed by atoms with Crippen molar-refractivity contribution in [1.29, 1.82) is 0 Å². The van der Waals surface area contributed by atoms with E-state index in [4.69, 9.17) is 9.84 Å². The minimum atomic E-state index is -4.51. The second-order valence-corrected chi connectivity index (χ2v) is 8.65. The zero-order valence-electron chi connectivity index (χ0n) is 20.4. The lowest BCUT2D eigenvalue weighted by Crippen LogP contribution is -2.38. The van der Waals surface area contributed by atoms with E-state index in [1.807, 2.05) is 19.9 Å². The van der Waals surface area contributed by atoms with Gasteiger partial charge in [0, 0.05) is 11.8 Å². The molecule has 7 nitrogen and oxygen atoms in total. The first-order chi connectivity index (χ1) is 16.9. The summed E-state index contributed by atoms with van der Waals surface area (Å²) in [6.45, 7) is 7.01. The monoisotopic (exact) mass is 503 g/mol. The molecule has 0 aliphatic heterocycles. The highest BCUT2D eigenvalue weighted by Crippen LogP contribution is 2.35. The Morgan fingerprint density at radius 3 is 2.39 bits per heavy atom. The molecule has 0 fully saturated rings. The number of rotatable bonds is 9. The van der Waals surface area contributed by atoms with Gasteiger partial charge in [-0.05, 0) is 62.1 Å². The fourth-order valence-electron chi connectivity index (χ4n) is 3.80. The van der Waals surface area contributed by atoms with E-state index >= 15 is 0 Å². The lowest BCUT2D eigenvalue weighted by atomic mass is 10.0. The van der Waals surface area contributed by atoms with Crippen LogP contribution in [0.1, 0.15) is 65.4 Å². The Hall–Kier alpha value is -3.82. The number of aromatic nitrogens is 2. The van der Waals surface area contributed by atoms with Gasteiger partial charge in [-0.1, -0.05) is 31.5 Å². The molecule has 3 aromatic rings. The topological polar surface area (TPSA) is 93.5 Å². The Morgan fingerprint density at radius 2 is 1.83 bits per heavy atom. The highest BCUT2D eigenvalue weighted by molar-refractivity contribution is 5.96. The quantitative estimate of drug-likeness (QED) is 0.395. The number of carbonyl (C=O) groups is 2. The van der Waals surface area contributed by atoms with Gasteiger partial charge < -0.3 is 15.2 Å². The van der Waals surface area contributed by atoms with Crippen LogP contribution in [0.3, 0.4) is 0 Å². The van der Waals surface area contributed by atoms with Crippen molar-refractivity contribution < 1.29 is 32.6 Å². The van der Waals surface area contributed by atoms with Crippen molar-refractivity contribution in [1.82, 2.24) is 15.1 Å². The maximum atomic E-state index is 13.2. The predicted molar refractivity (Wildman–Crippen MR) is 127 cm³/mol. The van der Waals surface area contributed by atoms with Gasteiger partial charge in [0.1, 0.15) is 23.6 Å². The van der Waals surface area contributed by atoms with Crippen LogP contribution >= 0.6 is 0 Å². The van der Waals surface area contributed by atoms with Gasteiger partial charge in [-0.15, -0.1) is 0 Å². The number of ether oxygens (including phenoxy) is 1. The summed E-state index contributed by atoms with van der Waals surface area (Å²) < 4.78 is 47.0. The number of carboxylic acids is 1. The molecule has 0 bridgehead atoms. The summed E-state index contributed by atoms with van der Waals surface area (Å²) in [5, 5.41) is 15.3. The van der Waals surface area contributed by atoms with E-state index in [1.54, 1.807) is 37.3 Å². The van der Waals surface area contributed by atoms with Gasteiger partial charge in [-0.3, -0.25) is 9.59 Å². The molecular weight excluding hydrogens is 475 g/mol. The van der Waals surface area contributed by atoms with Crippen LogP contribution in [0.15, 0.2) is 48.8 Å². The predicted octanol–water partition coefficient (Wildman–Crippen LogP) is 5.63. The molecule has 10 heteroatoms. The number of carbonyl (C=O) groups excluding carboxylic acids is 1. The standard InChI is InChI=1S/C26H28F3N3O4/c1-5-6-21(18-7-9-19(10-8-18)24(33)31-17(4)25(34)35)36-22-12-15(2)11-16(3)23(22)32-14-20(13-30-32)26(27,28)29/h7-14,17,21H,5-6H2,1-4H3,(H,31,33)(H,34,35)/t17-,21?/m0/s1. The van der Waals surface area contributed by atoms with Crippen molar-refractivity contribution in [3.63, 3.8) is 0 Å². The van der Waals surface area contributed by atoms with E-state index in [9.17, 15) is 22.8 Å². The normalized spacial score (nSPS) is 13.2. The molecule has 3 rings (SSSR count). The van der Waals surface area contributed by atoms with Crippen molar-refractivity contribution in [2.45, 2.75) is 58.9 Å². The summed E-state index contributed by atoms with van der Waals surface area (Å²) in [6.07, 6.45) is -1.86. The van der Waals surface area contributed by atoms with Gasteiger partial charge in [0.25, 0.3) is 5.91 Å². The summed E-state index contributed by atoms with van der Waals surface area (Å²) in [6, 6.07) is 9.17. The largest absolute Gasteiger partial charge is 0.483 e. The summed E-state index contributed by atoms with van der Waals surface area (Å²) in [7, 11) is 0. The van der Waals surface area contributed by atoms with Gasteiger partial charge in [0.05, 0.1) is 11.8 Å². The van der Waals surface area contributed by atoms with E-state index in [1.165, 1.54) is 11.6 Å². The molecule has 0 aliphatic rings. The van der Waals surface area contributed by atoms with Gasteiger partial charge in [-0.25, -0.2) is 4.68 Å². The van der Waals surface area contributed by atoms with Gasteiger partial charge >= 0.3 is 12.1 Å². The first-order valence-corrected chi connectivity index (χ1v) is 11.4. The highest BCUT2D eigenvalue weighted by Gasteiger charge is 2.33. The number of hydrogen-bond donors (Lipinski definition) is 2. The van der Waals surface area contributed by atoms with Crippen LogP contribution in [0.2, 0.25) is 0 Å². The zero-order chi connectivity index (χ0) is 26.6. The fourth-order valence-corrected chi connectivity index (χ4v) is 3.80. The Morgan fingerprint density at radius 1 is 1.17 bits per heavy atom. The molecule has 0 saturated carbocycles.